The van der Waals surface area contributed by atoms with Crippen LogP contribution in [0.5, 0.6) is 5.75 Å². The zero-order chi connectivity index (χ0) is 25.5. The van der Waals surface area contributed by atoms with Crippen LogP contribution in [0, 0.1) is 6.92 Å². The normalized spacial score (nSPS) is 15.3. The van der Waals surface area contributed by atoms with Gasteiger partial charge in [-0.15, -0.1) is 0 Å². The molecule has 8 nitrogen and oxygen atoms in total. The predicted molar refractivity (Wildman–Crippen MR) is 138 cm³/mol. The van der Waals surface area contributed by atoms with Gasteiger partial charge in [0.15, 0.2) is 0 Å². The van der Waals surface area contributed by atoms with Gasteiger partial charge in [0.1, 0.15) is 11.8 Å². The average molecular weight is 487 g/mol. The third-order valence-corrected chi connectivity index (χ3v) is 5.96. The molecule has 2 aromatic carbocycles. The summed E-state index contributed by atoms with van der Waals surface area (Å²) in [6, 6.07) is 16.7. The molecule has 1 N–H and O–H groups in total. The summed E-state index contributed by atoms with van der Waals surface area (Å²) >= 11 is 0. The van der Waals surface area contributed by atoms with Gasteiger partial charge in [0.2, 0.25) is 5.91 Å². The van der Waals surface area contributed by atoms with Crippen molar-refractivity contribution in [3.63, 3.8) is 0 Å². The van der Waals surface area contributed by atoms with Gasteiger partial charge in [-0.05, 0) is 79.4 Å². The number of anilines is 2. The van der Waals surface area contributed by atoms with Gasteiger partial charge >= 0.3 is 6.03 Å². The van der Waals surface area contributed by atoms with Crippen LogP contribution in [0.15, 0.2) is 73.1 Å². The highest BCUT2D eigenvalue weighted by Gasteiger charge is 2.46. The summed E-state index contributed by atoms with van der Waals surface area (Å²) in [7, 11) is 0. The van der Waals surface area contributed by atoms with E-state index in [1.54, 1.807) is 54.9 Å². The van der Waals surface area contributed by atoms with E-state index in [1.165, 1.54) is 9.80 Å². The number of hydrogen-bond acceptors (Lipinski definition) is 5. The Labute approximate surface area is 210 Å². The van der Waals surface area contributed by atoms with Gasteiger partial charge in [-0.2, -0.15) is 0 Å². The van der Waals surface area contributed by atoms with E-state index < -0.39 is 18.0 Å². The van der Waals surface area contributed by atoms with Gasteiger partial charge in [-0.3, -0.25) is 14.6 Å². The van der Waals surface area contributed by atoms with Crippen molar-refractivity contribution >= 4 is 29.2 Å². The molecule has 2 heterocycles. The Hall–Kier alpha value is -4.20. The van der Waals surface area contributed by atoms with Crippen LogP contribution in [0.1, 0.15) is 30.9 Å². The van der Waals surface area contributed by atoms with Crippen LogP contribution in [-0.2, 0) is 16.0 Å². The first-order valence-corrected chi connectivity index (χ1v) is 12.1. The maximum atomic E-state index is 13.4. The van der Waals surface area contributed by atoms with Crippen LogP contribution in [0.3, 0.4) is 0 Å². The molecule has 1 aromatic heterocycles. The van der Waals surface area contributed by atoms with Crippen molar-refractivity contribution in [2.45, 2.75) is 39.2 Å². The van der Waals surface area contributed by atoms with Crippen molar-refractivity contribution < 1.29 is 19.1 Å². The van der Waals surface area contributed by atoms with Crippen molar-refractivity contribution in [3.05, 3.63) is 84.2 Å². The molecule has 0 saturated carbocycles. The van der Waals surface area contributed by atoms with E-state index in [2.05, 4.69) is 10.3 Å². The third kappa shape index (κ3) is 5.89. The zero-order valence-electron chi connectivity index (χ0n) is 20.5. The zero-order valence-corrected chi connectivity index (χ0v) is 20.5. The Kier molecular flexibility index (Phi) is 7.95. The second-order valence-corrected chi connectivity index (χ2v) is 8.74. The molecule has 186 valence electrons. The number of rotatable bonds is 10. The van der Waals surface area contributed by atoms with E-state index in [1.807, 2.05) is 32.0 Å². The Morgan fingerprint density at radius 2 is 1.81 bits per heavy atom. The minimum atomic E-state index is -0.896. The van der Waals surface area contributed by atoms with E-state index >= 15 is 0 Å². The number of carbonyl (C=O) groups excluding carboxylic acids is 3. The molecule has 4 amide bonds. The number of aryl methyl sites for hydroxylation is 1. The van der Waals surface area contributed by atoms with Crippen LogP contribution in [0.4, 0.5) is 16.2 Å². The molecule has 0 radical (unpaired) electrons. The van der Waals surface area contributed by atoms with E-state index in [9.17, 15) is 14.4 Å². The Bertz CT molecular complexity index is 1210. The van der Waals surface area contributed by atoms with Gasteiger partial charge in [0.05, 0.1) is 18.7 Å². The summed E-state index contributed by atoms with van der Waals surface area (Å²) in [4.78, 5) is 46.5. The molecular weight excluding hydrogens is 456 g/mol. The van der Waals surface area contributed by atoms with Crippen molar-refractivity contribution in [3.8, 4) is 5.75 Å². The van der Waals surface area contributed by atoms with Crippen LogP contribution in [-0.4, -0.2) is 46.9 Å². The molecule has 1 fully saturated rings. The maximum absolute atomic E-state index is 13.4. The number of carbonyl (C=O) groups is 3. The molecule has 4 rings (SSSR count). The summed E-state index contributed by atoms with van der Waals surface area (Å²) in [5, 5.41) is 2.83. The standard InChI is InChI=1S/C28H30N4O4/c1-3-17-36-24-9-7-22(8-10-24)30-26(33)19-25-27(34)32(23-6-4-5-20(2)18-23)28(35)31(25)16-13-21-11-14-29-15-12-21/h4-12,14-15,18,25H,3,13,16-17,19H2,1-2H3,(H,30,33)/t25-/m1/s1. The lowest BCUT2D eigenvalue weighted by molar-refractivity contribution is -0.124. The molecule has 1 saturated heterocycles. The molecule has 0 aliphatic carbocycles. The maximum Gasteiger partial charge on any atom is 0.332 e. The fourth-order valence-corrected chi connectivity index (χ4v) is 4.13. The molecule has 1 atom stereocenters. The Balaban J connectivity index is 1.50. The number of hydrogen-bond donors (Lipinski definition) is 1. The molecule has 1 aliphatic rings. The minimum absolute atomic E-state index is 0.142. The molecule has 3 aromatic rings. The van der Waals surface area contributed by atoms with Crippen molar-refractivity contribution in [2.75, 3.05) is 23.4 Å². The summed E-state index contributed by atoms with van der Waals surface area (Å²) in [5.41, 5.74) is 3.03. The van der Waals surface area contributed by atoms with Gasteiger partial charge in [0.25, 0.3) is 5.91 Å². The summed E-state index contributed by atoms with van der Waals surface area (Å²) in [5.74, 6) is -0.0235. The highest BCUT2D eigenvalue weighted by molar-refractivity contribution is 6.22. The van der Waals surface area contributed by atoms with Gasteiger partial charge in [0, 0.05) is 24.6 Å². The molecule has 0 bridgehead atoms. The summed E-state index contributed by atoms with van der Waals surface area (Å²) < 4.78 is 5.58. The number of pyridine rings is 1. The second-order valence-electron chi connectivity index (χ2n) is 8.74. The third-order valence-electron chi connectivity index (χ3n) is 5.96. The lowest BCUT2D eigenvalue weighted by Crippen LogP contribution is -2.39. The Morgan fingerprint density at radius 3 is 2.50 bits per heavy atom. The molecule has 8 heteroatoms. The van der Waals surface area contributed by atoms with Crippen molar-refractivity contribution in [2.24, 2.45) is 0 Å². The molecule has 1 aliphatic heterocycles. The lowest BCUT2D eigenvalue weighted by Gasteiger charge is -2.21. The first-order valence-electron chi connectivity index (χ1n) is 12.1. The smallest absolute Gasteiger partial charge is 0.332 e. The van der Waals surface area contributed by atoms with Crippen LogP contribution in [0.2, 0.25) is 0 Å². The molecule has 36 heavy (non-hydrogen) atoms. The highest BCUT2D eigenvalue weighted by Crippen LogP contribution is 2.28. The highest BCUT2D eigenvalue weighted by atomic mass is 16.5. The predicted octanol–water partition coefficient (Wildman–Crippen LogP) is 4.59. The Morgan fingerprint density at radius 1 is 1.06 bits per heavy atom. The van der Waals surface area contributed by atoms with Crippen LogP contribution in [0.25, 0.3) is 0 Å². The second kappa shape index (κ2) is 11.5. The summed E-state index contributed by atoms with van der Waals surface area (Å²) in [6.45, 7) is 4.86. The van der Waals surface area contributed by atoms with E-state index in [-0.39, 0.29) is 12.3 Å². The number of urea groups is 1. The number of nitrogens with one attached hydrogen (secondary N) is 1. The van der Waals surface area contributed by atoms with Crippen LogP contribution >= 0.6 is 0 Å². The molecule has 0 unspecified atom stereocenters. The number of aromatic nitrogens is 1. The number of imide groups is 1. The first kappa shape index (κ1) is 24.9. The van der Waals surface area contributed by atoms with Crippen molar-refractivity contribution in [1.29, 1.82) is 0 Å². The van der Waals surface area contributed by atoms with E-state index in [0.717, 1.165) is 23.3 Å². The monoisotopic (exact) mass is 486 g/mol. The number of nitrogens with zero attached hydrogens (tertiary/aromatic N) is 3. The SMILES string of the molecule is CCCOc1ccc(NC(=O)C[C@@H]2C(=O)N(c3cccc(C)c3)C(=O)N2CCc2ccncc2)cc1. The minimum Gasteiger partial charge on any atom is -0.494 e. The first-order chi connectivity index (χ1) is 17.5. The molecular formula is C28H30N4O4. The molecule has 0 spiro atoms. The topological polar surface area (TPSA) is 91.8 Å². The fourth-order valence-electron chi connectivity index (χ4n) is 4.13. The number of benzene rings is 2. The van der Waals surface area contributed by atoms with Gasteiger partial charge in [-0.1, -0.05) is 19.1 Å². The average Bonchev–Trinajstić information content (AvgIpc) is 3.11. The van der Waals surface area contributed by atoms with Crippen LogP contribution < -0.4 is 15.0 Å². The quantitative estimate of drug-likeness (QED) is 0.423. The van der Waals surface area contributed by atoms with Gasteiger partial charge in [-0.25, -0.2) is 9.69 Å². The fraction of sp³-hybridized carbons (Fsp3) is 0.286. The van der Waals surface area contributed by atoms with E-state index in [0.29, 0.717) is 30.9 Å². The van der Waals surface area contributed by atoms with E-state index in [4.69, 9.17) is 4.74 Å². The summed E-state index contributed by atoms with van der Waals surface area (Å²) in [6.07, 6.45) is 4.69. The number of amides is 4. The lowest BCUT2D eigenvalue weighted by atomic mass is 10.1. The van der Waals surface area contributed by atoms with Gasteiger partial charge < -0.3 is 15.0 Å². The largest absolute Gasteiger partial charge is 0.494 e. The van der Waals surface area contributed by atoms with Crippen molar-refractivity contribution in [1.82, 2.24) is 9.88 Å². The number of ether oxygens (including phenoxy) is 1.